The molecule has 1 aliphatic carbocycles. The van der Waals surface area contributed by atoms with Crippen molar-refractivity contribution in [1.29, 1.82) is 0 Å². The zero-order valence-corrected chi connectivity index (χ0v) is 8.81. The van der Waals surface area contributed by atoms with E-state index in [0.717, 1.165) is 17.6 Å². The van der Waals surface area contributed by atoms with Crippen molar-refractivity contribution in [2.45, 2.75) is 13.3 Å². The van der Waals surface area contributed by atoms with Crippen molar-refractivity contribution in [3.05, 3.63) is 59.7 Å². The fraction of sp³-hybridized carbons (Fsp3) is 0.214. The third-order valence-corrected chi connectivity index (χ3v) is 2.61. The second-order valence-electron chi connectivity index (χ2n) is 3.93. The lowest BCUT2D eigenvalue weighted by Crippen LogP contribution is -2.05. The highest BCUT2D eigenvalue weighted by molar-refractivity contribution is 6.10. The molecule has 0 N–H and O–H groups in total. The Morgan fingerprint density at radius 2 is 2.00 bits per heavy atom. The van der Waals surface area contributed by atoms with Gasteiger partial charge in [0.25, 0.3) is 0 Å². The van der Waals surface area contributed by atoms with E-state index in [2.05, 4.69) is 13.0 Å². The first-order chi connectivity index (χ1) is 7.27. The molecule has 1 aromatic rings. The molecule has 0 saturated heterocycles. The molecule has 0 amide bonds. The van der Waals surface area contributed by atoms with Gasteiger partial charge >= 0.3 is 0 Å². The predicted octanol–water partition coefficient (Wildman–Crippen LogP) is 3.39. The van der Waals surface area contributed by atoms with Gasteiger partial charge in [0.1, 0.15) is 0 Å². The van der Waals surface area contributed by atoms with Crippen LogP contribution in [0.5, 0.6) is 0 Å². The van der Waals surface area contributed by atoms with E-state index in [9.17, 15) is 4.79 Å². The van der Waals surface area contributed by atoms with Crippen molar-refractivity contribution in [3.63, 3.8) is 0 Å². The Balaban J connectivity index is 2.20. The van der Waals surface area contributed by atoms with E-state index in [4.69, 9.17) is 0 Å². The van der Waals surface area contributed by atoms with Crippen LogP contribution in [0.2, 0.25) is 0 Å². The summed E-state index contributed by atoms with van der Waals surface area (Å²) in [5, 5.41) is 0. The van der Waals surface area contributed by atoms with Gasteiger partial charge in [-0.1, -0.05) is 55.5 Å². The van der Waals surface area contributed by atoms with Crippen LogP contribution >= 0.6 is 0 Å². The summed E-state index contributed by atoms with van der Waals surface area (Å²) in [6.45, 7) is 2.15. The number of hydrogen-bond donors (Lipinski definition) is 0. The summed E-state index contributed by atoms with van der Waals surface area (Å²) in [5.74, 6) is 0.677. The minimum absolute atomic E-state index is 0.124. The lowest BCUT2D eigenvalue weighted by molar-refractivity contribution is 0.103. The van der Waals surface area contributed by atoms with Gasteiger partial charge in [-0.3, -0.25) is 4.79 Å². The smallest absolute Gasteiger partial charge is 0.192 e. The number of carbonyl (C=O) groups excluding carboxylic acids is 1. The number of benzene rings is 1. The minimum atomic E-state index is 0.124. The molecule has 0 radical (unpaired) electrons. The van der Waals surface area contributed by atoms with E-state index in [1.165, 1.54) is 0 Å². The molecule has 1 aliphatic rings. The summed E-state index contributed by atoms with van der Waals surface area (Å²) in [5.41, 5.74) is 1.59. The van der Waals surface area contributed by atoms with Crippen molar-refractivity contribution in [2.75, 3.05) is 0 Å². The topological polar surface area (TPSA) is 17.1 Å². The van der Waals surface area contributed by atoms with Crippen LogP contribution in [0.1, 0.15) is 23.7 Å². The zero-order valence-electron chi connectivity index (χ0n) is 8.81. The molecule has 0 spiro atoms. The average molecular weight is 198 g/mol. The molecule has 0 aliphatic heterocycles. The first-order valence-corrected chi connectivity index (χ1v) is 5.25. The fourth-order valence-corrected chi connectivity index (χ4v) is 1.65. The van der Waals surface area contributed by atoms with E-state index >= 15 is 0 Å². The standard InChI is InChI=1S/C14H14O/c1-11-7-9-13(10-8-11)14(15)12-5-3-2-4-6-12/h2-7,9-11H,8H2,1H3. The number of ketones is 1. The number of rotatable bonds is 2. The highest BCUT2D eigenvalue weighted by atomic mass is 16.1. The molecular weight excluding hydrogens is 184 g/mol. The summed E-state index contributed by atoms with van der Waals surface area (Å²) in [4.78, 5) is 12.0. The molecule has 1 aromatic carbocycles. The minimum Gasteiger partial charge on any atom is -0.289 e. The van der Waals surface area contributed by atoms with E-state index in [-0.39, 0.29) is 5.78 Å². The maximum Gasteiger partial charge on any atom is 0.192 e. The maximum atomic E-state index is 12.0. The number of allylic oxidation sites excluding steroid dienone is 4. The SMILES string of the molecule is CC1C=CC(C(=O)c2ccccc2)=CC1. The van der Waals surface area contributed by atoms with Crippen LogP contribution in [0.25, 0.3) is 0 Å². The second-order valence-corrected chi connectivity index (χ2v) is 3.93. The number of hydrogen-bond acceptors (Lipinski definition) is 1. The molecule has 0 bridgehead atoms. The van der Waals surface area contributed by atoms with Crippen molar-refractivity contribution >= 4 is 5.78 Å². The first kappa shape index (κ1) is 9.91. The molecule has 0 fully saturated rings. The Morgan fingerprint density at radius 1 is 1.27 bits per heavy atom. The molecule has 0 saturated carbocycles. The Bertz CT molecular complexity index is 412. The predicted molar refractivity (Wildman–Crippen MR) is 61.8 cm³/mol. The Kier molecular flexibility index (Phi) is 2.82. The molecule has 1 nitrogen and oxygen atoms in total. The summed E-state index contributed by atoms with van der Waals surface area (Å²) >= 11 is 0. The quantitative estimate of drug-likeness (QED) is 0.666. The summed E-state index contributed by atoms with van der Waals surface area (Å²) in [7, 11) is 0. The van der Waals surface area contributed by atoms with Gasteiger partial charge < -0.3 is 0 Å². The molecule has 1 atom stereocenters. The van der Waals surface area contributed by atoms with Crippen LogP contribution < -0.4 is 0 Å². The van der Waals surface area contributed by atoms with Gasteiger partial charge in [0, 0.05) is 11.1 Å². The van der Waals surface area contributed by atoms with Crippen molar-refractivity contribution < 1.29 is 4.79 Å². The third kappa shape index (κ3) is 2.24. The molecule has 1 unspecified atom stereocenters. The van der Waals surface area contributed by atoms with Crippen molar-refractivity contribution in [3.8, 4) is 0 Å². The van der Waals surface area contributed by atoms with Crippen LogP contribution in [0.3, 0.4) is 0 Å². The van der Waals surface area contributed by atoms with Gasteiger partial charge in [-0.25, -0.2) is 0 Å². The normalized spacial score (nSPS) is 19.8. The van der Waals surface area contributed by atoms with Crippen LogP contribution in [0.4, 0.5) is 0 Å². The molecule has 15 heavy (non-hydrogen) atoms. The van der Waals surface area contributed by atoms with Crippen LogP contribution in [-0.2, 0) is 0 Å². The molecular formula is C14H14O. The molecule has 0 aromatic heterocycles. The van der Waals surface area contributed by atoms with Crippen molar-refractivity contribution in [1.82, 2.24) is 0 Å². The van der Waals surface area contributed by atoms with E-state index < -0.39 is 0 Å². The lowest BCUT2D eigenvalue weighted by atomic mass is 9.94. The van der Waals surface area contributed by atoms with Crippen molar-refractivity contribution in [2.24, 2.45) is 5.92 Å². The molecule has 1 heteroatoms. The van der Waals surface area contributed by atoms with Crippen LogP contribution in [0.15, 0.2) is 54.1 Å². The summed E-state index contributed by atoms with van der Waals surface area (Å²) < 4.78 is 0. The third-order valence-electron chi connectivity index (χ3n) is 2.61. The van der Waals surface area contributed by atoms with Gasteiger partial charge in [0.15, 0.2) is 5.78 Å². The van der Waals surface area contributed by atoms with E-state index in [1.807, 2.05) is 42.5 Å². The Hall–Kier alpha value is -1.63. The largest absolute Gasteiger partial charge is 0.289 e. The zero-order chi connectivity index (χ0) is 10.7. The summed E-state index contributed by atoms with van der Waals surface area (Å²) in [6.07, 6.45) is 7.02. The monoisotopic (exact) mass is 198 g/mol. The van der Waals surface area contributed by atoms with E-state index in [0.29, 0.717) is 5.92 Å². The Labute approximate surface area is 90.1 Å². The van der Waals surface area contributed by atoms with Crippen LogP contribution in [-0.4, -0.2) is 5.78 Å². The van der Waals surface area contributed by atoms with Gasteiger partial charge in [0.2, 0.25) is 0 Å². The average Bonchev–Trinajstić information content (AvgIpc) is 2.30. The highest BCUT2D eigenvalue weighted by Gasteiger charge is 2.12. The van der Waals surface area contributed by atoms with Gasteiger partial charge in [-0.2, -0.15) is 0 Å². The van der Waals surface area contributed by atoms with Gasteiger partial charge in [-0.15, -0.1) is 0 Å². The maximum absolute atomic E-state index is 12.0. The van der Waals surface area contributed by atoms with Crippen LogP contribution in [0, 0.1) is 5.92 Å². The number of carbonyl (C=O) groups is 1. The summed E-state index contributed by atoms with van der Waals surface area (Å²) in [6, 6.07) is 9.42. The molecule has 2 rings (SSSR count). The first-order valence-electron chi connectivity index (χ1n) is 5.25. The number of Topliss-reactive ketones (excluding diaryl/α,β-unsaturated/α-hetero) is 1. The molecule has 0 heterocycles. The lowest BCUT2D eigenvalue weighted by Gasteiger charge is -2.10. The van der Waals surface area contributed by atoms with Gasteiger partial charge in [0.05, 0.1) is 0 Å². The fourth-order valence-electron chi connectivity index (χ4n) is 1.65. The highest BCUT2D eigenvalue weighted by Crippen LogP contribution is 2.18. The van der Waals surface area contributed by atoms with Gasteiger partial charge in [-0.05, 0) is 12.3 Å². The Morgan fingerprint density at radius 3 is 2.60 bits per heavy atom. The second kappa shape index (κ2) is 4.26. The molecule has 76 valence electrons. The van der Waals surface area contributed by atoms with E-state index in [1.54, 1.807) is 0 Å².